The molecule has 132 valence electrons. The number of aryl methyl sites for hydroxylation is 1. The van der Waals surface area contributed by atoms with Crippen LogP contribution in [-0.2, 0) is 16.1 Å². The summed E-state index contributed by atoms with van der Waals surface area (Å²) in [6.45, 7) is 1.92. The molecule has 1 aromatic heterocycles. The lowest BCUT2D eigenvalue weighted by Gasteiger charge is -1.99. The van der Waals surface area contributed by atoms with Crippen LogP contribution in [-0.4, -0.2) is 23.2 Å². The van der Waals surface area contributed by atoms with Crippen LogP contribution >= 0.6 is 0 Å². The van der Waals surface area contributed by atoms with Crippen molar-refractivity contribution in [3.8, 4) is 17.1 Å². The lowest BCUT2D eigenvalue weighted by atomic mass is 10.1. The number of benzene rings is 2. The number of rotatable bonds is 6. The van der Waals surface area contributed by atoms with E-state index in [0.717, 1.165) is 22.4 Å². The summed E-state index contributed by atoms with van der Waals surface area (Å²) in [5.74, 6) is 0.920. The first-order valence-corrected chi connectivity index (χ1v) is 8.02. The minimum absolute atomic E-state index is 0.0831. The molecule has 0 aliphatic heterocycles. The van der Waals surface area contributed by atoms with Gasteiger partial charge in [0.2, 0.25) is 5.82 Å². The SMILES string of the molecule is COc1ccc(-c2noc(COC(=O)C=Cc3ccc(C)cc3)n2)cc1. The van der Waals surface area contributed by atoms with Crippen molar-refractivity contribution in [2.24, 2.45) is 0 Å². The Morgan fingerprint density at radius 3 is 2.54 bits per heavy atom. The summed E-state index contributed by atoms with van der Waals surface area (Å²) >= 11 is 0. The van der Waals surface area contributed by atoms with Crippen molar-refractivity contribution < 1.29 is 18.8 Å². The van der Waals surface area contributed by atoms with Gasteiger partial charge in [-0.25, -0.2) is 4.79 Å². The molecule has 1 heterocycles. The summed E-state index contributed by atoms with van der Waals surface area (Å²) in [4.78, 5) is 16.0. The maximum Gasteiger partial charge on any atom is 0.331 e. The van der Waals surface area contributed by atoms with Crippen molar-refractivity contribution >= 4 is 12.0 Å². The lowest BCUT2D eigenvalue weighted by Crippen LogP contribution is -2.00. The molecule has 6 heteroatoms. The number of carbonyl (C=O) groups excluding carboxylic acids is 1. The number of nitrogens with zero attached hydrogens (tertiary/aromatic N) is 2. The first-order chi connectivity index (χ1) is 12.6. The zero-order chi connectivity index (χ0) is 18.4. The first-order valence-electron chi connectivity index (χ1n) is 8.02. The van der Waals surface area contributed by atoms with Crippen LogP contribution in [0.3, 0.4) is 0 Å². The highest BCUT2D eigenvalue weighted by molar-refractivity contribution is 5.87. The molecule has 0 aliphatic rings. The van der Waals surface area contributed by atoms with Crippen LogP contribution in [0.15, 0.2) is 59.1 Å². The first kappa shape index (κ1) is 17.4. The molecule has 6 nitrogen and oxygen atoms in total. The minimum atomic E-state index is -0.477. The molecule has 0 radical (unpaired) electrons. The van der Waals surface area contributed by atoms with Crippen molar-refractivity contribution in [2.45, 2.75) is 13.5 Å². The molecular weight excluding hydrogens is 332 g/mol. The highest BCUT2D eigenvalue weighted by atomic mass is 16.6. The summed E-state index contributed by atoms with van der Waals surface area (Å²) in [6.07, 6.45) is 3.06. The van der Waals surface area contributed by atoms with E-state index in [2.05, 4.69) is 10.1 Å². The molecule has 0 atom stereocenters. The fraction of sp³-hybridized carbons (Fsp3) is 0.150. The Morgan fingerprint density at radius 2 is 1.85 bits per heavy atom. The Kier molecular flexibility index (Phi) is 5.43. The molecule has 0 N–H and O–H groups in total. The van der Waals surface area contributed by atoms with E-state index in [4.69, 9.17) is 14.0 Å². The molecule has 3 rings (SSSR count). The summed E-state index contributed by atoms with van der Waals surface area (Å²) in [5.41, 5.74) is 2.87. The van der Waals surface area contributed by atoms with Crippen LogP contribution < -0.4 is 4.74 Å². The van der Waals surface area contributed by atoms with Crippen molar-refractivity contribution in [3.63, 3.8) is 0 Å². The van der Waals surface area contributed by atoms with E-state index >= 15 is 0 Å². The number of methoxy groups -OCH3 is 1. The Morgan fingerprint density at radius 1 is 1.12 bits per heavy atom. The van der Waals surface area contributed by atoms with E-state index < -0.39 is 5.97 Å². The normalized spacial score (nSPS) is 10.8. The van der Waals surface area contributed by atoms with E-state index in [1.165, 1.54) is 6.08 Å². The zero-order valence-electron chi connectivity index (χ0n) is 14.5. The standard InChI is InChI=1S/C20H18N2O4/c1-14-3-5-15(6-4-14)7-12-19(23)25-13-18-21-20(22-26-18)16-8-10-17(24-2)11-9-16/h3-12H,13H2,1-2H3. The maximum atomic E-state index is 11.8. The molecule has 0 spiro atoms. The van der Waals surface area contributed by atoms with Gasteiger partial charge in [-0.05, 0) is 42.8 Å². The Labute approximate surface area is 151 Å². The molecule has 0 saturated carbocycles. The monoisotopic (exact) mass is 350 g/mol. The topological polar surface area (TPSA) is 74.5 Å². The molecule has 0 bridgehead atoms. The number of ether oxygens (including phenoxy) is 2. The van der Waals surface area contributed by atoms with Gasteiger partial charge in [0.05, 0.1) is 7.11 Å². The molecule has 3 aromatic rings. The van der Waals surface area contributed by atoms with Crippen LogP contribution in [0.1, 0.15) is 17.0 Å². The van der Waals surface area contributed by atoms with Crippen molar-refractivity contribution in [1.82, 2.24) is 10.1 Å². The minimum Gasteiger partial charge on any atom is -0.497 e. The van der Waals surface area contributed by atoms with Gasteiger partial charge in [0.25, 0.3) is 5.89 Å². The summed E-state index contributed by atoms with van der Waals surface area (Å²) < 4.78 is 15.3. The molecule has 0 fully saturated rings. The quantitative estimate of drug-likeness (QED) is 0.497. The van der Waals surface area contributed by atoms with Crippen molar-refractivity contribution in [1.29, 1.82) is 0 Å². The maximum absolute atomic E-state index is 11.8. The fourth-order valence-electron chi connectivity index (χ4n) is 2.19. The number of hydrogen-bond donors (Lipinski definition) is 0. The van der Waals surface area contributed by atoms with Gasteiger partial charge in [0.1, 0.15) is 5.75 Å². The molecule has 0 amide bonds. The fourth-order valence-corrected chi connectivity index (χ4v) is 2.19. The number of carbonyl (C=O) groups is 1. The second-order valence-corrected chi connectivity index (χ2v) is 5.59. The van der Waals surface area contributed by atoms with Gasteiger partial charge in [-0.2, -0.15) is 4.98 Å². The molecule has 2 aromatic carbocycles. The van der Waals surface area contributed by atoms with E-state index in [-0.39, 0.29) is 12.5 Å². The van der Waals surface area contributed by atoms with Crippen molar-refractivity contribution in [3.05, 3.63) is 71.6 Å². The van der Waals surface area contributed by atoms with Gasteiger partial charge in [-0.3, -0.25) is 0 Å². The Balaban J connectivity index is 1.55. The lowest BCUT2D eigenvalue weighted by molar-refractivity contribution is -0.139. The van der Waals surface area contributed by atoms with E-state index in [9.17, 15) is 4.79 Å². The second kappa shape index (κ2) is 8.11. The van der Waals surface area contributed by atoms with Crippen LogP contribution in [0.25, 0.3) is 17.5 Å². The van der Waals surface area contributed by atoms with Gasteiger partial charge >= 0.3 is 5.97 Å². The summed E-state index contributed by atoms with van der Waals surface area (Å²) in [5, 5.41) is 3.89. The summed E-state index contributed by atoms with van der Waals surface area (Å²) in [7, 11) is 1.60. The van der Waals surface area contributed by atoms with Gasteiger partial charge in [-0.15, -0.1) is 0 Å². The highest BCUT2D eigenvalue weighted by Gasteiger charge is 2.10. The third kappa shape index (κ3) is 4.57. The van der Waals surface area contributed by atoms with Gasteiger partial charge < -0.3 is 14.0 Å². The average molecular weight is 350 g/mol. The molecule has 0 saturated heterocycles. The van der Waals surface area contributed by atoms with E-state index in [1.807, 2.05) is 43.3 Å². The number of aromatic nitrogens is 2. The van der Waals surface area contributed by atoms with Crippen LogP contribution in [0.5, 0.6) is 5.75 Å². The van der Waals surface area contributed by atoms with Crippen molar-refractivity contribution in [2.75, 3.05) is 7.11 Å². The third-order valence-corrected chi connectivity index (χ3v) is 3.64. The number of hydrogen-bond acceptors (Lipinski definition) is 6. The highest BCUT2D eigenvalue weighted by Crippen LogP contribution is 2.19. The predicted octanol–water partition coefficient (Wildman–Crippen LogP) is 3.81. The molecule has 26 heavy (non-hydrogen) atoms. The molecule has 0 aliphatic carbocycles. The average Bonchev–Trinajstić information content (AvgIpc) is 3.15. The largest absolute Gasteiger partial charge is 0.497 e. The van der Waals surface area contributed by atoms with Gasteiger partial charge in [0, 0.05) is 11.6 Å². The Bertz CT molecular complexity index is 896. The van der Waals surface area contributed by atoms with Gasteiger partial charge in [-0.1, -0.05) is 35.0 Å². The second-order valence-electron chi connectivity index (χ2n) is 5.59. The van der Waals surface area contributed by atoms with Crippen LogP contribution in [0, 0.1) is 6.92 Å². The predicted molar refractivity (Wildman–Crippen MR) is 96.3 cm³/mol. The van der Waals surface area contributed by atoms with Crippen LogP contribution in [0.4, 0.5) is 0 Å². The zero-order valence-corrected chi connectivity index (χ0v) is 14.5. The third-order valence-electron chi connectivity index (χ3n) is 3.64. The number of esters is 1. The van der Waals surface area contributed by atoms with Gasteiger partial charge in [0.15, 0.2) is 6.61 Å². The van der Waals surface area contributed by atoms with E-state index in [1.54, 1.807) is 25.3 Å². The summed E-state index contributed by atoms with van der Waals surface area (Å²) in [6, 6.07) is 15.1. The van der Waals surface area contributed by atoms with E-state index in [0.29, 0.717) is 5.82 Å². The molecular formula is C20H18N2O4. The Hall–Kier alpha value is -3.41. The molecule has 0 unspecified atom stereocenters. The van der Waals surface area contributed by atoms with Crippen LogP contribution in [0.2, 0.25) is 0 Å². The smallest absolute Gasteiger partial charge is 0.331 e.